The van der Waals surface area contributed by atoms with E-state index in [0.29, 0.717) is 37.3 Å². The van der Waals surface area contributed by atoms with Gasteiger partial charge in [-0.15, -0.1) is 0 Å². The first-order chi connectivity index (χ1) is 11.5. The molecule has 128 valence electrons. The molecule has 0 spiro atoms. The minimum Gasteiger partial charge on any atom is -0.453 e. The lowest BCUT2D eigenvalue weighted by Gasteiger charge is -2.33. The maximum Gasteiger partial charge on any atom is 0.419 e. The van der Waals surface area contributed by atoms with Gasteiger partial charge in [0.2, 0.25) is 5.91 Å². The van der Waals surface area contributed by atoms with Crippen LogP contribution in [-0.4, -0.2) is 59.7 Å². The molecule has 0 unspecified atom stereocenters. The predicted molar refractivity (Wildman–Crippen MR) is 85.7 cm³/mol. The Balaban J connectivity index is 1.66. The number of piperazine rings is 1. The van der Waals surface area contributed by atoms with Gasteiger partial charge < -0.3 is 19.0 Å². The molecule has 1 saturated heterocycles. The average molecular weight is 333 g/mol. The van der Waals surface area contributed by atoms with Crippen LogP contribution in [0.15, 0.2) is 27.4 Å². The molecule has 0 bridgehead atoms. The summed E-state index contributed by atoms with van der Waals surface area (Å²) in [5.41, 5.74) is 1.99. The molecule has 1 aromatic heterocycles. The maximum absolute atomic E-state index is 12.4. The summed E-state index contributed by atoms with van der Waals surface area (Å²) >= 11 is 0. The van der Waals surface area contributed by atoms with Gasteiger partial charge in [-0.2, -0.15) is 0 Å². The first-order valence-electron chi connectivity index (χ1n) is 7.68. The Kier molecular flexibility index (Phi) is 4.28. The van der Waals surface area contributed by atoms with Crippen molar-refractivity contribution < 1.29 is 18.7 Å². The normalized spacial score (nSPS) is 14.9. The molecule has 0 atom stereocenters. The highest BCUT2D eigenvalue weighted by Gasteiger charge is 2.24. The summed E-state index contributed by atoms with van der Waals surface area (Å²) in [6.45, 7) is 1.90. The molecule has 0 N–H and O–H groups in total. The molecule has 0 radical (unpaired) electrons. The highest BCUT2D eigenvalue weighted by Crippen LogP contribution is 2.16. The van der Waals surface area contributed by atoms with Gasteiger partial charge in [-0.3, -0.25) is 9.36 Å². The lowest BCUT2D eigenvalue weighted by Crippen LogP contribution is -2.50. The van der Waals surface area contributed by atoms with Crippen LogP contribution in [0.3, 0.4) is 0 Å². The fraction of sp³-hybridized carbons (Fsp3) is 0.438. The number of aryl methyl sites for hydroxylation is 1. The van der Waals surface area contributed by atoms with Gasteiger partial charge in [0.15, 0.2) is 5.58 Å². The van der Waals surface area contributed by atoms with Gasteiger partial charge in [0.25, 0.3) is 0 Å². The molecular weight excluding hydrogens is 314 g/mol. The smallest absolute Gasteiger partial charge is 0.419 e. The number of benzene rings is 1. The lowest BCUT2D eigenvalue weighted by molar-refractivity contribution is -0.132. The third-order valence-electron chi connectivity index (χ3n) is 4.28. The van der Waals surface area contributed by atoms with Gasteiger partial charge in [0, 0.05) is 33.2 Å². The van der Waals surface area contributed by atoms with Crippen molar-refractivity contribution in [1.29, 1.82) is 0 Å². The number of nitrogens with zero attached hydrogens (tertiary/aromatic N) is 3. The van der Waals surface area contributed by atoms with Crippen LogP contribution in [0.5, 0.6) is 0 Å². The quantitative estimate of drug-likeness (QED) is 0.803. The van der Waals surface area contributed by atoms with Gasteiger partial charge in [-0.25, -0.2) is 9.59 Å². The van der Waals surface area contributed by atoms with Crippen LogP contribution in [-0.2, 0) is 23.0 Å². The summed E-state index contributed by atoms with van der Waals surface area (Å²) in [6.07, 6.45) is -0.124. The number of hydrogen-bond acceptors (Lipinski definition) is 5. The van der Waals surface area contributed by atoms with E-state index in [1.807, 2.05) is 0 Å². The summed E-state index contributed by atoms with van der Waals surface area (Å²) < 4.78 is 11.2. The monoisotopic (exact) mass is 333 g/mol. The Morgan fingerprint density at radius 2 is 1.83 bits per heavy atom. The van der Waals surface area contributed by atoms with Crippen LogP contribution in [0.25, 0.3) is 11.1 Å². The number of rotatable bonds is 2. The zero-order chi connectivity index (χ0) is 17.3. The standard InChI is InChI=1S/C16H19N3O5/c1-17-12-9-11(3-4-13(12)24-15(17)21)10-14(20)18-5-7-19(8-6-18)16(22)23-2/h3-4,9H,5-8,10H2,1-2H3. The van der Waals surface area contributed by atoms with E-state index in [1.54, 1.807) is 35.0 Å². The summed E-state index contributed by atoms with van der Waals surface area (Å²) in [5, 5.41) is 0. The maximum atomic E-state index is 12.4. The fourth-order valence-electron chi connectivity index (χ4n) is 2.84. The van der Waals surface area contributed by atoms with Crippen LogP contribution < -0.4 is 5.76 Å². The summed E-state index contributed by atoms with van der Waals surface area (Å²) in [5.74, 6) is -0.431. The SMILES string of the molecule is COC(=O)N1CCN(C(=O)Cc2ccc3oc(=O)n(C)c3c2)CC1. The molecule has 1 aromatic carbocycles. The molecule has 1 aliphatic heterocycles. The number of oxazole rings is 1. The summed E-state index contributed by atoms with van der Waals surface area (Å²) in [4.78, 5) is 38.7. The van der Waals surface area contributed by atoms with Crippen molar-refractivity contribution in [2.45, 2.75) is 6.42 Å². The van der Waals surface area contributed by atoms with Gasteiger partial charge >= 0.3 is 11.8 Å². The van der Waals surface area contributed by atoms with Gasteiger partial charge in [0.05, 0.1) is 19.0 Å². The molecule has 0 saturated carbocycles. The first kappa shape index (κ1) is 16.1. The summed E-state index contributed by atoms with van der Waals surface area (Å²) in [6, 6.07) is 5.28. The Morgan fingerprint density at radius 3 is 2.50 bits per heavy atom. The second-order valence-corrected chi connectivity index (χ2v) is 5.74. The van der Waals surface area contributed by atoms with Crippen LogP contribution in [0, 0.1) is 0 Å². The Labute approximate surface area is 138 Å². The molecule has 1 aliphatic rings. The number of ether oxygens (including phenoxy) is 1. The number of amides is 2. The lowest BCUT2D eigenvalue weighted by atomic mass is 10.1. The van der Waals surface area contributed by atoms with Crippen molar-refractivity contribution in [2.24, 2.45) is 7.05 Å². The van der Waals surface area contributed by atoms with Crippen molar-refractivity contribution in [1.82, 2.24) is 14.4 Å². The van der Waals surface area contributed by atoms with E-state index in [1.165, 1.54) is 11.7 Å². The van der Waals surface area contributed by atoms with Crippen molar-refractivity contribution in [3.8, 4) is 0 Å². The molecular formula is C16H19N3O5. The minimum absolute atomic E-state index is 0.00707. The average Bonchev–Trinajstić information content (AvgIpc) is 2.88. The van der Waals surface area contributed by atoms with Gasteiger partial charge in [-0.05, 0) is 17.7 Å². The number of methoxy groups -OCH3 is 1. The molecule has 0 aliphatic carbocycles. The Bertz CT molecular complexity index is 830. The van der Waals surface area contributed by atoms with Crippen LogP contribution >= 0.6 is 0 Å². The number of fused-ring (bicyclic) bond motifs is 1. The van der Waals surface area contributed by atoms with Crippen LogP contribution in [0.1, 0.15) is 5.56 Å². The topological polar surface area (TPSA) is 85.0 Å². The molecule has 8 nitrogen and oxygen atoms in total. The molecule has 2 heterocycles. The largest absolute Gasteiger partial charge is 0.453 e. The van der Waals surface area contributed by atoms with E-state index in [9.17, 15) is 14.4 Å². The summed E-state index contributed by atoms with van der Waals surface area (Å²) in [7, 11) is 2.98. The molecule has 24 heavy (non-hydrogen) atoms. The highest BCUT2D eigenvalue weighted by molar-refractivity contribution is 5.81. The minimum atomic E-state index is -0.424. The molecule has 2 aromatic rings. The van der Waals surface area contributed by atoms with E-state index in [-0.39, 0.29) is 18.4 Å². The molecule has 2 amide bonds. The van der Waals surface area contributed by atoms with Crippen molar-refractivity contribution in [3.05, 3.63) is 34.3 Å². The molecule has 1 fully saturated rings. The second-order valence-electron chi connectivity index (χ2n) is 5.74. The second kappa shape index (κ2) is 6.38. The van der Waals surface area contributed by atoms with Crippen LogP contribution in [0.4, 0.5) is 4.79 Å². The van der Waals surface area contributed by atoms with Crippen molar-refractivity contribution in [3.63, 3.8) is 0 Å². The number of carbonyl (C=O) groups is 2. The zero-order valence-electron chi connectivity index (χ0n) is 13.7. The van der Waals surface area contributed by atoms with E-state index >= 15 is 0 Å². The van der Waals surface area contributed by atoms with Crippen LogP contribution in [0.2, 0.25) is 0 Å². The van der Waals surface area contributed by atoms with Crippen molar-refractivity contribution >= 4 is 23.1 Å². The van der Waals surface area contributed by atoms with E-state index in [2.05, 4.69) is 4.74 Å². The third kappa shape index (κ3) is 2.99. The predicted octanol–water partition coefficient (Wildman–Crippen LogP) is 0.585. The van der Waals surface area contributed by atoms with E-state index < -0.39 is 5.76 Å². The highest BCUT2D eigenvalue weighted by atomic mass is 16.5. The van der Waals surface area contributed by atoms with Crippen molar-refractivity contribution in [2.75, 3.05) is 33.3 Å². The Morgan fingerprint density at radius 1 is 1.17 bits per heavy atom. The zero-order valence-corrected chi connectivity index (χ0v) is 13.7. The van der Waals surface area contributed by atoms with Gasteiger partial charge in [0.1, 0.15) is 0 Å². The number of aromatic nitrogens is 1. The molecule has 8 heteroatoms. The Hall–Kier alpha value is -2.77. The van der Waals surface area contributed by atoms with Gasteiger partial charge in [-0.1, -0.05) is 6.07 Å². The first-order valence-corrected chi connectivity index (χ1v) is 7.68. The molecule has 3 rings (SSSR count). The fourth-order valence-corrected chi connectivity index (χ4v) is 2.84. The number of hydrogen-bond donors (Lipinski definition) is 0. The number of carbonyl (C=O) groups excluding carboxylic acids is 2. The van der Waals surface area contributed by atoms with E-state index in [4.69, 9.17) is 4.42 Å². The van der Waals surface area contributed by atoms with E-state index in [0.717, 1.165) is 5.56 Å². The third-order valence-corrected chi connectivity index (χ3v) is 4.28.